The second-order valence-electron chi connectivity index (χ2n) is 8.03. The number of nitrogens with one attached hydrogen (secondary N) is 1. The van der Waals surface area contributed by atoms with Gasteiger partial charge in [-0.15, -0.1) is 0 Å². The molecule has 1 aliphatic carbocycles. The Morgan fingerprint density at radius 3 is 2.57 bits per heavy atom. The smallest absolute Gasteiger partial charge is 0.387 e. The molecule has 1 saturated carbocycles. The Balaban J connectivity index is 1.96. The van der Waals surface area contributed by atoms with E-state index in [-0.39, 0.29) is 23.4 Å². The molecule has 6 heteroatoms. The van der Waals surface area contributed by atoms with Crippen LogP contribution in [0.25, 0.3) is 0 Å². The topological polar surface area (TPSA) is 51.2 Å². The van der Waals surface area contributed by atoms with Gasteiger partial charge in [0.1, 0.15) is 0 Å². The predicted molar refractivity (Wildman–Crippen MR) is 105 cm³/mol. The number of aryl methyl sites for hydroxylation is 1. The molecule has 1 N–H and O–H groups in total. The molecule has 1 heterocycles. The number of benzene rings is 1. The number of hydrogen-bond donors (Lipinski definition) is 1. The van der Waals surface area contributed by atoms with E-state index in [0.717, 1.165) is 11.1 Å². The monoisotopic (exact) mass is 388 g/mol. The zero-order valence-corrected chi connectivity index (χ0v) is 16.6. The Kier molecular flexibility index (Phi) is 5.68. The number of alkyl halides is 2. The van der Waals surface area contributed by atoms with Crippen LogP contribution in [0.3, 0.4) is 0 Å². The molecule has 0 saturated heterocycles. The molecule has 1 aliphatic rings. The second kappa shape index (κ2) is 7.86. The van der Waals surface area contributed by atoms with E-state index in [4.69, 9.17) is 0 Å². The van der Waals surface area contributed by atoms with Crippen molar-refractivity contribution in [2.45, 2.75) is 58.5 Å². The second-order valence-corrected chi connectivity index (χ2v) is 8.03. The third kappa shape index (κ3) is 3.86. The van der Waals surface area contributed by atoms with Gasteiger partial charge in [-0.05, 0) is 54.4 Å². The van der Waals surface area contributed by atoms with E-state index in [2.05, 4.69) is 35.8 Å². The molecule has 0 spiro atoms. The van der Waals surface area contributed by atoms with E-state index in [1.165, 1.54) is 12.3 Å². The van der Waals surface area contributed by atoms with Gasteiger partial charge in [-0.2, -0.15) is 8.78 Å². The minimum absolute atomic E-state index is 0.0249. The normalized spacial score (nSPS) is 21.5. The van der Waals surface area contributed by atoms with Crippen LogP contribution < -0.4 is 10.1 Å². The van der Waals surface area contributed by atoms with Crippen molar-refractivity contribution < 1.29 is 18.3 Å². The van der Waals surface area contributed by atoms with Crippen LogP contribution in [-0.4, -0.2) is 17.5 Å². The summed E-state index contributed by atoms with van der Waals surface area (Å²) in [5.74, 6) is 0.356. The fourth-order valence-corrected chi connectivity index (χ4v) is 4.14. The number of nitrogens with zero attached hydrogens (tertiary/aromatic N) is 1. The van der Waals surface area contributed by atoms with Crippen molar-refractivity contribution in [2.24, 2.45) is 5.92 Å². The number of pyridine rings is 1. The molecule has 0 atom stereocenters. The first kappa shape index (κ1) is 20.2. The first-order chi connectivity index (χ1) is 13.2. The molecular formula is C22H26F2N2O2. The number of carbonyl (C=O) groups is 1. The number of hydrogen-bond acceptors (Lipinski definition) is 3. The van der Waals surface area contributed by atoms with Crippen LogP contribution in [-0.2, 0) is 10.2 Å². The van der Waals surface area contributed by atoms with Crippen LogP contribution in [0.5, 0.6) is 5.75 Å². The summed E-state index contributed by atoms with van der Waals surface area (Å²) in [5.41, 5.74) is 2.12. The van der Waals surface area contributed by atoms with Gasteiger partial charge in [0, 0.05) is 6.20 Å². The minimum atomic E-state index is -2.99. The maximum atomic E-state index is 13.4. The third-order valence-electron chi connectivity index (χ3n) is 5.36. The number of ether oxygens (including phenoxy) is 1. The highest BCUT2D eigenvalue weighted by molar-refractivity contribution is 6.00. The van der Waals surface area contributed by atoms with Gasteiger partial charge in [-0.25, -0.2) is 4.98 Å². The SMILES string of the molecule is Cc1cnc(NC(=O)C2(c3ccccc3C(C)C)CC(C)C2)c(OC(F)F)c1. The Morgan fingerprint density at radius 1 is 1.29 bits per heavy atom. The summed E-state index contributed by atoms with van der Waals surface area (Å²) < 4.78 is 30.1. The van der Waals surface area contributed by atoms with Crippen LogP contribution in [0.15, 0.2) is 36.5 Å². The average Bonchev–Trinajstić information content (AvgIpc) is 2.60. The quantitative estimate of drug-likeness (QED) is 0.719. The molecule has 0 radical (unpaired) electrons. The fourth-order valence-electron chi connectivity index (χ4n) is 4.14. The van der Waals surface area contributed by atoms with Crippen molar-refractivity contribution in [3.05, 3.63) is 53.2 Å². The number of halogens is 2. The third-order valence-corrected chi connectivity index (χ3v) is 5.36. The summed E-state index contributed by atoms with van der Waals surface area (Å²) >= 11 is 0. The molecule has 0 unspecified atom stereocenters. The summed E-state index contributed by atoms with van der Waals surface area (Å²) in [7, 11) is 0. The Hall–Kier alpha value is -2.50. The van der Waals surface area contributed by atoms with Crippen molar-refractivity contribution in [1.82, 2.24) is 4.98 Å². The first-order valence-electron chi connectivity index (χ1n) is 9.55. The van der Waals surface area contributed by atoms with Crippen LogP contribution in [0.1, 0.15) is 56.2 Å². The summed E-state index contributed by atoms with van der Waals surface area (Å²) in [5, 5.41) is 2.76. The van der Waals surface area contributed by atoms with Crippen molar-refractivity contribution in [3.8, 4) is 5.75 Å². The Bertz CT molecular complexity index is 861. The molecule has 4 nitrogen and oxygen atoms in total. The van der Waals surface area contributed by atoms with Crippen molar-refractivity contribution in [3.63, 3.8) is 0 Å². The highest BCUT2D eigenvalue weighted by Gasteiger charge is 2.50. The molecule has 0 aliphatic heterocycles. The minimum Gasteiger partial charge on any atom is -0.431 e. The molecule has 2 aromatic rings. The van der Waals surface area contributed by atoms with E-state index in [1.54, 1.807) is 6.92 Å². The van der Waals surface area contributed by atoms with Crippen molar-refractivity contribution in [2.75, 3.05) is 5.32 Å². The Labute approximate surface area is 164 Å². The summed E-state index contributed by atoms with van der Waals surface area (Å²) in [4.78, 5) is 17.5. The lowest BCUT2D eigenvalue weighted by Crippen LogP contribution is -2.50. The van der Waals surface area contributed by atoms with Gasteiger partial charge in [-0.1, -0.05) is 45.0 Å². The van der Waals surface area contributed by atoms with E-state index < -0.39 is 12.0 Å². The largest absolute Gasteiger partial charge is 0.431 e. The zero-order chi connectivity index (χ0) is 20.5. The van der Waals surface area contributed by atoms with Gasteiger partial charge in [0.2, 0.25) is 5.91 Å². The van der Waals surface area contributed by atoms with Gasteiger partial charge in [0.05, 0.1) is 5.41 Å². The van der Waals surface area contributed by atoms with E-state index in [1.807, 2.05) is 24.3 Å². The number of aromatic nitrogens is 1. The van der Waals surface area contributed by atoms with Gasteiger partial charge in [0.25, 0.3) is 0 Å². The molecule has 1 aromatic heterocycles. The van der Waals surface area contributed by atoms with Crippen LogP contribution in [0, 0.1) is 12.8 Å². The van der Waals surface area contributed by atoms with Gasteiger partial charge in [-0.3, -0.25) is 4.79 Å². The Morgan fingerprint density at radius 2 is 1.96 bits per heavy atom. The van der Waals surface area contributed by atoms with E-state index in [9.17, 15) is 13.6 Å². The predicted octanol–water partition coefficient (Wildman–Crippen LogP) is 5.42. The van der Waals surface area contributed by atoms with Crippen molar-refractivity contribution in [1.29, 1.82) is 0 Å². The highest BCUT2D eigenvalue weighted by atomic mass is 19.3. The first-order valence-corrected chi connectivity index (χ1v) is 9.55. The van der Waals surface area contributed by atoms with E-state index in [0.29, 0.717) is 24.3 Å². The van der Waals surface area contributed by atoms with E-state index >= 15 is 0 Å². The fraction of sp³-hybridized carbons (Fsp3) is 0.455. The molecule has 1 fully saturated rings. The molecule has 28 heavy (non-hydrogen) atoms. The van der Waals surface area contributed by atoms with Crippen LogP contribution in [0.4, 0.5) is 14.6 Å². The average molecular weight is 388 g/mol. The molecule has 1 amide bonds. The number of amides is 1. The standard InChI is InChI=1S/C22H26F2N2O2/c1-13(2)16-7-5-6-8-17(16)22(10-15(4)11-22)20(27)26-19-18(28-21(23)24)9-14(3)12-25-19/h5-9,12-13,15,21H,10-11H2,1-4H3,(H,25,26,27). The zero-order valence-electron chi connectivity index (χ0n) is 16.6. The maximum absolute atomic E-state index is 13.4. The van der Waals surface area contributed by atoms with Gasteiger partial charge < -0.3 is 10.1 Å². The van der Waals surface area contributed by atoms with Crippen molar-refractivity contribution >= 4 is 11.7 Å². The van der Waals surface area contributed by atoms with Crippen LogP contribution in [0.2, 0.25) is 0 Å². The number of rotatable bonds is 6. The number of anilines is 1. The van der Waals surface area contributed by atoms with Gasteiger partial charge in [0.15, 0.2) is 11.6 Å². The highest BCUT2D eigenvalue weighted by Crippen LogP contribution is 2.50. The lowest BCUT2D eigenvalue weighted by molar-refractivity contribution is -0.126. The summed E-state index contributed by atoms with van der Waals surface area (Å²) in [6.07, 6.45) is 2.94. The summed E-state index contributed by atoms with van der Waals surface area (Å²) in [6, 6.07) is 9.41. The number of carbonyl (C=O) groups excluding carboxylic acids is 1. The molecule has 150 valence electrons. The molecular weight excluding hydrogens is 362 g/mol. The lowest BCUT2D eigenvalue weighted by Gasteiger charge is -2.46. The summed E-state index contributed by atoms with van der Waals surface area (Å²) in [6.45, 7) is 5.05. The molecule has 0 bridgehead atoms. The molecule has 1 aromatic carbocycles. The lowest BCUT2D eigenvalue weighted by atomic mass is 9.57. The van der Waals surface area contributed by atoms with Gasteiger partial charge >= 0.3 is 6.61 Å². The van der Waals surface area contributed by atoms with Crippen LogP contribution >= 0.6 is 0 Å². The maximum Gasteiger partial charge on any atom is 0.387 e. The molecule has 3 rings (SSSR count).